The summed E-state index contributed by atoms with van der Waals surface area (Å²) in [6.07, 6.45) is 13.0. The maximum Gasteiger partial charge on any atom is 0.180 e. The zero-order valence-corrected chi connectivity index (χ0v) is 62.0. The van der Waals surface area contributed by atoms with Gasteiger partial charge in [0.05, 0.1) is 24.2 Å². The van der Waals surface area contributed by atoms with Crippen molar-refractivity contribution >= 4 is 22.7 Å². The van der Waals surface area contributed by atoms with Crippen molar-refractivity contribution in [3.63, 3.8) is 0 Å². The second-order valence-electron chi connectivity index (χ2n) is 25.9. The molecule has 0 aliphatic carbocycles. The molecule has 6 aromatic rings. The van der Waals surface area contributed by atoms with Gasteiger partial charge in [0.2, 0.25) is 0 Å². The molecule has 0 spiro atoms. The van der Waals surface area contributed by atoms with Crippen molar-refractivity contribution in [2.45, 2.75) is 249 Å². The summed E-state index contributed by atoms with van der Waals surface area (Å²) in [6, 6.07) is 25.4. The van der Waals surface area contributed by atoms with Crippen LogP contribution in [0.15, 0.2) is 159 Å². The van der Waals surface area contributed by atoms with E-state index >= 15 is 0 Å². The first kappa shape index (κ1) is 105. The Balaban J connectivity index is -0.0000000614. The lowest BCUT2D eigenvalue weighted by molar-refractivity contribution is 0.558. The summed E-state index contributed by atoms with van der Waals surface area (Å²) in [5.74, 6) is 10.0. The average Bonchev–Trinajstić information content (AvgIpc) is 4.15. The summed E-state index contributed by atoms with van der Waals surface area (Å²) in [7, 11) is 0. The fraction of sp³-hybridized carbons (Fsp3) is 0.658. The summed E-state index contributed by atoms with van der Waals surface area (Å²) in [4.78, 5) is 11.1. The summed E-state index contributed by atoms with van der Waals surface area (Å²) < 4.78 is 9.06. The fourth-order valence-corrected chi connectivity index (χ4v) is 2.31. The van der Waals surface area contributed by atoms with Crippen LogP contribution < -0.4 is 0 Å². The molecular weight excluding hydrogens is 1010 g/mol. The first-order valence-electron chi connectivity index (χ1n) is 30.2. The number of aromatic nitrogens is 3. The topological polar surface area (TPSA) is 65.0 Å². The number of oxazole rings is 1. The molecule has 0 aliphatic heterocycles. The van der Waals surface area contributed by atoms with Crippen LogP contribution in [0.4, 0.5) is 0 Å². The average molecular weight is 1160 g/mol. The first-order chi connectivity index (χ1) is 36.8. The van der Waals surface area contributed by atoms with E-state index in [0.29, 0.717) is 0 Å². The van der Waals surface area contributed by atoms with Gasteiger partial charge in [0.25, 0.3) is 0 Å². The van der Waals surface area contributed by atoms with Gasteiger partial charge in [-0.1, -0.05) is 304 Å². The van der Waals surface area contributed by atoms with Crippen molar-refractivity contribution in [2.75, 3.05) is 0 Å². The van der Waals surface area contributed by atoms with Crippen LogP contribution in [-0.2, 0) is 0 Å². The number of thiazole rings is 1. The van der Waals surface area contributed by atoms with Crippen molar-refractivity contribution in [1.29, 1.82) is 0 Å². The van der Waals surface area contributed by atoms with E-state index in [-0.39, 0.29) is 0 Å². The van der Waals surface area contributed by atoms with E-state index in [4.69, 9.17) is 0 Å². The van der Waals surface area contributed by atoms with Gasteiger partial charge in [-0.2, -0.15) is 11.3 Å². The van der Waals surface area contributed by atoms with Gasteiger partial charge in [0.1, 0.15) is 6.26 Å². The predicted molar refractivity (Wildman–Crippen MR) is 378 cm³/mol. The largest absolute Gasteiger partial charge is 0.473 e. The van der Waals surface area contributed by atoms with E-state index < -0.39 is 0 Å². The van der Waals surface area contributed by atoms with Crippen molar-refractivity contribution < 1.29 is 8.83 Å². The minimum Gasteiger partial charge on any atom is -0.473 e. The van der Waals surface area contributed by atoms with Gasteiger partial charge in [0.15, 0.2) is 6.39 Å². The lowest BCUT2D eigenvalue weighted by Crippen LogP contribution is -1.66. The highest BCUT2D eigenvalue weighted by Gasteiger charge is 1.73. The summed E-state index contributed by atoms with van der Waals surface area (Å²) in [5, 5.41) is 6.01. The molecule has 1 aromatic carbocycles. The second-order valence-corrected chi connectivity index (χ2v) is 27.5. The maximum atomic E-state index is 4.58. The van der Waals surface area contributed by atoms with Gasteiger partial charge in [-0.3, -0.25) is 9.97 Å². The Hall–Kier alpha value is -3.81. The molecule has 80 heavy (non-hydrogen) atoms. The Morgan fingerprint density at radius 2 is 0.463 bits per heavy atom. The normalized spacial score (nSPS) is 8.60. The van der Waals surface area contributed by atoms with Gasteiger partial charge in [0, 0.05) is 24.0 Å². The van der Waals surface area contributed by atoms with E-state index in [2.05, 4.69) is 273 Å². The maximum absolute atomic E-state index is 4.58. The predicted octanol–water partition coefficient (Wildman–Crippen LogP) is 27.6. The fourth-order valence-electron chi connectivity index (χ4n) is 1.50. The molecule has 0 aliphatic rings. The van der Waals surface area contributed by atoms with Crippen LogP contribution in [0, 0.1) is 71.0 Å². The number of hydrogen-bond donors (Lipinski definition) is 0. The van der Waals surface area contributed by atoms with E-state index in [1.165, 1.54) is 12.7 Å². The molecule has 5 aromatic heterocycles. The van der Waals surface area contributed by atoms with E-state index in [9.17, 15) is 0 Å². The Morgan fingerprint density at radius 1 is 0.212 bits per heavy atom. The highest BCUT2D eigenvalue weighted by molar-refractivity contribution is 7.07. The Labute approximate surface area is 514 Å². The molecule has 0 fully saturated rings. The van der Waals surface area contributed by atoms with E-state index in [0.717, 1.165) is 71.0 Å². The van der Waals surface area contributed by atoms with Crippen molar-refractivity contribution in [3.8, 4) is 0 Å². The number of rotatable bonds is 0. The Kier molecular flexibility index (Phi) is 131. The molecule has 0 radical (unpaired) electrons. The molecule has 5 nitrogen and oxygen atoms in total. The molecule has 0 bridgehead atoms. The number of thiophene rings is 1. The SMILES string of the molecule is CC(C)C.CC(C)C.CC(C)C.CC(C)C.CC(C)C.CC(C)C.CC(C)C.CC(C)C.CC(C)C.CC(C)C.CC(C)C.CC(C)C.c1ccccc1.c1ccncc1.c1ccoc1.c1ccsc1.c1cocn1.c1cscn1. The van der Waals surface area contributed by atoms with Gasteiger partial charge in [-0.05, 0) is 106 Å². The third-order valence-electron chi connectivity index (χ3n) is 2.78. The van der Waals surface area contributed by atoms with Crippen LogP contribution in [0.1, 0.15) is 249 Å². The summed E-state index contributed by atoms with van der Waals surface area (Å²) >= 11 is 3.31. The molecule has 476 valence electrons. The first-order valence-corrected chi connectivity index (χ1v) is 32.1. The van der Waals surface area contributed by atoms with E-state index in [1.807, 2.05) is 95.0 Å². The number of nitrogens with zero attached hydrogens (tertiary/aromatic N) is 3. The zero-order valence-electron chi connectivity index (χ0n) is 60.3. The molecule has 0 saturated heterocycles. The summed E-state index contributed by atoms with van der Waals surface area (Å²) in [6.45, 7) is 78.0. The molecule has 0 N–H and O–H groups in total. The van der Waals surface area contributed by atoms with Crippen LogP contribution in [0.5, 0.6) is 0 Å². The third-order valence-corrected chi connectivity index (χ3v) is 3.93. The smallest absolute Gasteiger partial charge is 0.180 e. The minimum atomic E-state index is 0.833. The zero-order chi connectivity index (χ0) is 65.6. The molecular formula is C73H145N3O2S2. The van der Waals surface area contributed by atoms with Crippen molar-refractivity contribution in [2.24, 2.45) is 71.0 Å². The van der Waals surface area contributed by atoms with Crippen LogP contribution in [0.25, 0.3) is 0 Å². The lowest BCUT2D eigenvalue weighted by Gasteiger charge is -1.79. The Bertz CT molecular complexity index is 1110. The highest BCUT2D eigenvalue weighted by atomic mass is 32.1. The number of pyridine rings is 1. The molecule has 0 amide bonds. The monoisotopic (exact) mass is 1160 g/mol. The number of hydrogen-bond acceptors (Lipinski definition) is 7. The molecule has 0 unspecified atom stereocenters. The molecule has 7 heteroatoms. The number of benzene rings is 1. The Morgan fingerprint density at radius 3 is 0.537 bits per heavy atom. The number of furan rings is 1. The van der Waals surface area contributed by atoms with Gasteiger partial charge < -0.3 is 8.83 Å². The van der Waals surface area contributed by atoms with Gasteiger partial charge in [-0.25, -0.2) is 4.98 Å². The molecule has 5 heterocycles. The van der Waals surface area contributed by atoms with Crippen LogP contribution in [0.3, 0.4) is 0 Å². The lowest BCUT2D eigenvalue weighted by atomic mass is 10.3. The summed E-state index contributed by atoms with van der Waals surface area (Å²) in [5.41, 5.74) is 1.79. The minimum absolute atomic E-state index is 0.833. The van der Waals surface area contributed by atoms with Crippen LogP contribution in [-0.4, -0.2) is 15.0 Å². The molecule has 6 rings (SSSR count). The molecule has 0 atom stereocenters. The standard InChI is InChI=1S/C6H6.C5H5N.C4H4O.C4H4S.12C4H10.C3H3NO.C3H3NS/c2*1-2-4-6-5-3-1;2*1-2-4-5-3-1;12*1-4(2)3;2*1-2-5-3-4-1/h1-6H;1-5H;2*1-4H;12*4H,1-3H3;2*1-3H. The van der Waals surface area contributed by atoms with E-state index in [1.54, 1.807) is 65.5 Å². The third kappa shape index (κ3) is 500. The van der Waals surface area contributed by atoms with Crippen molar-refractivity contribution in [3.05, 3.63) is 150 Å². The van der Waals surface area contributed by atoms with Gasteiger partial charge >= 0.3 is 0 Å². The van der Waals surface area contributed by atoms with Crippen LogP contribution >= 0.6 is 22.7 Å². The molecule has 0 saturated carbocycles. The quantitative estimate of drug-likeness (QED) is 0.152. The van der Waals surface area contributed by atoms with Crippen molar-refractivity contribution in [1.82, 2.24) is 15.0 Å². The highest BCUT2D eigenvalue weighted by Crippen LogP contribution is 1.92. The van der Waals surface area contributed by atoms with Crippen LogP contribution in [0.2, 0.25) is 0 Å². The van der Waals surface area contributed by atoms with Gasteiger partial charge in [-0.15, -0.1) is 11.3 Å². The second kappa shape index (κ2) is 100.